The molecule has 6 heteroatoms. The molecular weight excluding hydrogens is 278 g/mol. The van der Waals surface area contributed by atoms with Gasteiger partial charge in [-0.25, -0.2) is 0 Å². The number of aromatic nitrogens is 2. The fraction of sp³-hybridized carbons (Fsp3) is 0.312. The summed E-state index contributed by atoms with van der Waals surface area (Å²) in [6.45, 7) is 4.02. The molecule has 1 aromatic heterocycles. The van der Waals surface area contributed by atoms with Crippen molar-refractivity contribution in [2.45, 2.75) is 26.3 Å². The minimum atomic E-state index is -0.552. The van der Waals surface area contributed by atoms with E-state index in [9.17, 15) is 4.79 Å². The Bertz CT molecular complexity index is 684. The summed E-state index contributed by atoms with van der Waals surface area (Å²) >= 11 is 0. The normalized spacial score (nSPS) is 11.9. The van der Waals surface area contributed by atoms with E-state index >= 15 is 0 Å². The molecule has 1 unspecified atom stereocenters. The van der Waals surface area contributed by atoms with Gasteiger partial charge < -0.3 is 11.1 Å². The van der Waals surface area contributed by atoms with Crippen LogP contribution in [-0.2, 0) is 0 Å². The number of nitrogens with zero attached hydrogens (tertiary/aromatic N) is 3. The van der Waals surface area contributed by atoms with Crippen LogP contribution in [0.25, 0.3) is 0 Å². The molecule has 1 amide bonds. The van der Waals surface area contributed by atoms with Crippen LogP contribution < -0.4 is 11.1 Å². The summed E-state index contributed by atoms with van der Waals surface area (Å²) in [4.78, 5) is 11.6. The number of nitrogens with one attached hydrogen (secondary N) is 1. The highest BCUT2D eigenvalue weighted by Crippen LogP contribution is 2.25. The Morgan fingerprint density at radius 3 is 2.64 bits per heavy atom. The highest BCUT2D eigenvalue weighted by molar-refractivity contribution is 5.98. The summed E-state index contributed by atoms with van der Waals surface area (Å²) in [5, 5.41) is 16.5. The molecule has 0 bridgehead atoms. The van der Waals surface area contributed by atoms with Gasteiger partial charge >= 0.3 is 0 Å². The Balaban J connectivity index is 2.37. The fourth-order valence-corrected chi connectivity index (χ4v) is 2.22. The first-order chi connectivity index (χ1) is 10.5. The molecule has 2 aromatic rings. The molecule has 22 heavy (non-hydrogen) atoms. The highest BCUT2D eigenvalue weighted by atomic mass is 16.1. The van der Waals surface area contributed by atoms with Crippen molar-refractivity contribution in [2.75, 3.05) is 5.32 Å². The molecule has 0 aliphatic rings. The molecular formula is C16H19N5O. The van der Waals surface area contributed by atoms with Crippen molar-refractivity contribution in [1.82, 2.24) is 9.78 Å². The number of nitriles is 1. The molecule has 3 N–H and O–H groups in total. The number of rotatable bonds is 6. The quantitative estimate of drug-likeness (QED) is 0.856. The van der Waals surface area contributed by atoms with E-state index < -0.39 is 5.91 Å². The van der Waals surface area contributed by atoms with E-state index in [-0.39, 0.29) is 12.0 Å². The third kappa shape index (κ3) is 3.44. The van der Waals surface area contributed by atoms with Crippen LogP contribution in [0.15, 0.2) is 36.5 Å². The van der Waals surface area contributed by atoms with Gasteiger partial charge in [-0.1, -0.05) is 32.0 Å². The van der Waals surface area contributed by atoms with Crippen LogP contribution in [0.5, 0.6) is 0 Å². The van der Waals surface area contributed by atoms with Crippen LogP contribution >= 0.6 is 0 Å². The minimum absolute atomic E-state index is 0.102. The maximum atomic E-state index is 11.6. The Kier molecular flexibility index (Phi) is 4.79. The van der Waals surface area contributed by atoms with Gasteiger partial charge in [-0.15, -0.1) is 0 Å². The first-order valence-electron chi connectivity index (χ1n) is 7.11. The van der Waals surface area contributed by atoms with E-state index in [1.54, 1.807) is 10.9 Å². The first-order valence-corrected chi connectivity index (χ1v) is 7.11. The number of hydrogen-bond acceptors (Lipinski definition) is 4. The van der Waals surface area contributed by atoms with Crippen molar-refractivity contribution in [3.63, 3.8) is 0 Å². The number of hydrogen-bond donors (Lipinski definition) is 2. The molecule has 1 heterocycles. The van der Waals surface area contributed by atoms with Crippen molar-refractivity contribution in [1.29, 1.82) is 5.26 Å². The molecule has 0 fully saturated rings. The van der Waals surface area contributed by atoms with Gasteiger partial charge in [-0.2, -0.15) is 10.4 Å². The number of benzene rings is 1. The van der Waals surface area contributed by atoms with Gasteiger partial charge in [0.25, 0.3) is 5.91 Å². The van der Waals surface area contributed by atoms with E-state index in [1.165, 1.54) is 0 Å². The zero-order valence-electron chi connectivity index (χ0n) is 12.7. The molecule has 1 aromatic carbocycles. The van der Waals surface area contributed by atoms with Gasteiger partial charge in [0.1, 0.15) is 5.56 Å². The second-order valence-electron chi connectivity index (χ2n) is 5.40. The Morgan fingerprint density at radius 2 is 2.09 bits per heavy atom. The zero-order chi connectivity index (χ0) is 16.1. The Morgan fingerprint density at radius 1 is 1.41 bits per heavy atom. The molecule has 2 rings (SSSR count). The second kappa shape index (κ2) is 6.76. The largest absolute Gasteiger partial charge is 0.365 e. The predicted octanol–water partition coefficient (Wildman–Crippen LogP) is 2.84. The molecule has 0 aliphatic carbocycles. The third-order valence-electron chi connectivity index (χ3n) is 3.44. The van der Waals surface area contributed by atoms with E-state index in [0.29, 0.717) is 17.8 Å². The molecule has 0 saturated heterocycles. The van der Waals surface area contributed by atoms with E-state index in [0.717, 1.165) is 5.69 Å². The van der Waals surface area contributed by atoms with Crippen LogP contribution in [0.3, 0.4) is 0 Å². The second-order valence-corrected chi connectivity index (χ2v) is 5.40. The third-order valence-corrected chi connectivity index (χ3v) is 3.44. The smallest absolute Gasteiger partial charge is 0.254 e. The SMILES string of the molecule is CC(C)C(CC#N)n1cc(C(N)=O)c(Nc2ccccc2)n1. The van der Waals surface area contributed by atoms with Crippen LogP contribution in [0, 0.1) is 17.2 Å². The molecule has 0 aliphatic heterocycles. The molecule has 0 radical (unpaired) electrons. The van der Waals surface area contributed by atoms with Crippen LogP contribution in [0.4, 0.5) is 11.5 Å². The van der Waals surface area contributed by atoms with Crippen molar-refractivity contribution < 1.29 is 4.79 Å². The van der Waals surface area contributed by atoms with E-state index in [4.69, 9.17) is 11.0 Å². The highest BCUT2D eigenvalue weighted by Gasteiger charge is 2.21. The molecule has 0 spiro atoms. The maximum absolute atomic E-state index is 11.6. The maximum Gasteiger partial charge on any atom is 0.254 e. The summed E-state index contributed by atoms with van der Waals surface area (Å²) in [5.74, 6) is 0.0660. The number of para-hydroxylation sites is 1. The van der Waals surface area contributed by atoms with Gasteiger partial charge in [-0.05, 0) is 18.1 Å². The summed E-state index contributed by atoms with van der Waals surface area (Å²) in [5.41, 5.74) is 6.56. The summed E-state index contributed by atoms with van der Waals surface area (Å²) in [7, 11) is 0. The lowest BCUT2D eigenvalue weighted by atomic mass is 10.0. The number of primary amides is 1. The van der Waals surface area contributed by atoms with E-state index in [2.05, 4.69) is 16.5 Å². The van der Waals surface area contributed by atoms with E-state index in [1.807, 2.05) is 44.2 Å². The van der Waals surface area contributed by atoms with Crippen LogP contribution in [-0.4, -0.2) is 15.7 Å². The Labute approximate surface area is 129 Å². The number of amides is 1. The standard InChI is InChI=1S/C16H19N5O/c1-11(2)14(8-9-17)21-10-13(15(18)22)16(20-21)19-12-6-4-3-5-7-12/h3-7,10-11,14H,8H2,1-2H3,(H2,18,22)(H,19,20). The zero-order valence-corrected chi connectivity index (χ0v) is 12.7. The Hall–Kier alpha value is -2.81. The number of carbonyl (C=O) groups is 1. The molecule has 0 saturated carbocycles. The monoisotopic (exact) mass is 297 g/mol. The lowest BCUT2D eigenvalue weighted by Gasteiger charge is -2.18. The summed E-state index contributed by atoms with van der Waals surface area (Å²) in [6, 6.07) is 11.5. The summed E-state index contributed by atoms with van der Waals surface area (Å²) in [6.07, 6.45) is 1.93. The average Bonchev–Trinajstić information content (AvgIpc) is 2.89. The number of carbonyl (C=O) groups excluding carboxylic acids is 1. The minimum Gasteiger partial charge on any atom is -0.365 e. The molecule has 1 atom stereocenters. The van der Waals surface area contributed by atoms with Gasteiger partial charge in [0.05, 0.1) is 18.5 Å². The van der Waals surface area contributed by atoms with Crippen molar-refractivity contribution in [3.05, 3.63) is 42.1 Å². The molecule has 114 valence electrons. The van der Waals surface area contributed by atoms with Crippen molar-refractivity contribution >= 4 is 17.4 Å². The van der Waals surface area contributed by atoms with Gasteiger partial charge in [0, 0.05) is 11.9 Å². The van der Waals surface area contributed by atoms with Crippen molar-refractivity contribution in [3.8, 4) is 6.07 Å². The number of nitrogens with two attached hydrogens (primary N) is 1. The topological polar surface area (TPSA) is 96.7 Å². The van der Waals surface area contributed by atoms with Crippen LogP contribution in [0.2, 0.25) is 0 Å². The average molecular weight is 297 g/mol. The number of anilines is 2. The van der Waals surface area contributed by atoms with Crippen LogP contribution in [0.1, 0.15) is 36.7 Å². The lowest BCUT2D eigenvalue weighted by molar-refractivity contribution is 0.100. The predicted molar refractivity (Wildman–Crippen MR) is 84.6 cm³/mol. The van der Waals surface area contributed by atoms with Gasteiger partial charge in [-0.3, -0.25) is 9.48 Å². The van der Waals surface area contributed by atoms with Gasteiger partial charge in [0.15, 0.2) is 5.82 Å². The summed E-state index contributed by atoms with van der Waals surface area (Å²) < 4.78 is 1.65. The van der Waals surface area contributed by atoms with Gasteiger partial charge in [0.2, 0.25) is 0 Å². The first kappa shape index (κ1) is 15.6. The molecule has 6 nitrogen and oxygen atoms in total. The van der Waals surface area contributed by atoms with Crippen molar-refractivity contribution in [2.24, 2.45) is 11.7 Å². The fourth-order valence-electron chi connectivity index (χ4n) is 2.22. The lowest BCUT2D eigenvalue weighted by Crippen LogP contribution is -2.15.